The number of nitrogens with one attached hydrogen (secondary N) is 1. The fourth-order valence-electron chi connectivity index (χ4n) is 2.45. The summed E-state index contributed by atoms with van der Waals surface area (Å²) >= 11 is 0. The third-order valence-corrected chi connectivity index (χ3v) is 3.59. The van der Waals surface area contributed by atoms with Gasteiger partial charge in [0.05, 0.1) is 6.10 Å². The molecule has 0 saturated carbocycles. The molecule has 4 heteroatoms. The van der Waals surface area contributed by atoms with Crippen molar-refractivity contribution in [2.24, 2.45) is 5.92 Å². The Morgan fingerprint density at radius 3 is 2.83 bits per heavy atom. The summed E-state index contributed by atoms with van der Waals surface area (Å²) in [5, 5.41) is 13.3. The number of hydrogen-bond donors (Lipinski definition) is 2. The smallest absolute Gasteiger partial charge is 0.159 e. The molecule has 1 saturated heterocycles. The average molecular weight is 255 g/mol. The van der Waals surface area contributed by atoms with Gasteiger partial charge in [-0.05, 0) is 55.8 Å². The van der Waals surface area contributed by atoms with Gasteiger partial charge in [-0.2, -0.15) is 0 Å². The molecular weight excluding hydrogens is 236 g/mol. The van der Waals surface area contributed by atoms with Crippen LogP contribution in [-0.2, 0) is 6.42 Å². The summed E-state index contributed by atoms with van der Waals surface area (Å²) in [6.45, 7) is 1.87. The molecule has 1 aliphatic heterocycles. The molecule has 0 aliphatic carbocycles. The summed E-state index contributed by atoms with van der Waals surface area (Å²) in [7, 11) is 0. The van der Waals surface area contributed by atoms with Gasteiger partial charge in [-0.25, -0.2) is 8.78 Å². The summed E-state index contributed by atoms with van der Waals surface area (Å²) < 4.78 is 25.8. The maximum absolute atomic E-state index is 13.0. The molecule has 1 fully saturated rings. The van der Waals surface area contributed by atoms with Crippen molar-refractivity contribution in [1.29, 1.82) is 0 Å². The Morgan fingerprint density at radius 2 is 2.17 bits per heavy atom. The summed E-state index contributed by atoms with van der Waals surface area (Å²) in [5.41, 5.74) is 0.733. The first-order chi connectivity index (χ1) is 8.66. The lowest BCUT2D eigenvalue weighted by Crippen LogP contribution is -2.36. The minimum atomic E-state index is -0.823. The van der Waals surface area contributed by atoms with Crippen molar-refractivity contribution in [3.05, 3.63) is 35.4 Å². The Bertz CT molecular complexity index is 391. The van der Waals surface area contributed by atoms with E-state index in [4.69, 9.17) is 0 Å². The molecule has 2 unspecified atom stereocenters. The van der Waals surface area contributed by atoms with Crippen molar-refractivity contribution in [2.75, 3.05) is 13.1 Å². The van der Waals surface area contributed by atoms with Gasteiger partial charge in [0, 0.05) is 6.54 Å². The molecule has 100 valence electrons. The van der Waals surface area contributed by atoms with Gasteiger partial charge in [-0.15, -0.1) is 0 Å². The van der Waals surface area contributed by atoms with Gasteiger partial charge in [0.25, 0.3) is 0 Å². The molecule has 0 aromatic heterocycles. The number of aliphatic hydroxyl groups is 1. The summed E-state index contributed by atoms with van der Waals surface area (Å²) in [4.78, 5) is 0. The molecule has 2 nitrogen and oxygen atoms in total. The highest BCUT2D eigenvalue weighted by Crippen LogP contribution is 2.19. The van der Waals surface area contributed by atoms with E-state index in [1.807, 2.05) is 0 Å². The number of halogens is 2. The zero-order chi connectivity index (χ0) is 13.0. The fraction of sp³-hybridized carbons (Fsp3) is 0.571. The molecular formula is C14H19F2NO. The number of rotatable bonds is 4. The third kappa shape index (κ3) is 3.50. The van der Waals surface area contributed by atoms with Crippen molar-refractivity contribution in [3.8, 4) is 0 Å². The van der Waals surface area contributed by atoms with Crippen LogP contribution in [0.2, 0.25) is 0 Å². The predicted octanol–water partition coefficient (Wildman–Crippen LogP) is 2.26. The van der Waals surface area contributed by atoms with Gasteiger partial charge in [0.2, 0.25) is 0 Å². The molecule has 0 bridgehead atoms. The van der Waals surface area contributed by atoms with E-state index in [0.717, 1.165) is 37.6 Å². The van der Waals surface area contributed by atoms with Gasteiger partial charge in [0.1, 0.15) is 0 Å². The molecule has 0 radical (unpaired) electrons. The monoisotopic (exact) mass is 255 g/mol. The van der Waals surface area contributed by atoms with Crippen LogP contribution < -0.4 is 5.32 Å². The lowest BCUT2D eigenvalue weighted by Gasteiger charge is -2.27. The van der Waals surface area contributed by atoms with Crippen molar-refractivity contribution in [1.82, 2.24) is 5.32 Å². The lowest BCUT2D eigenvalue weighted by molar-refractivity contribution is 0.0844. The van der Waals surface area contributed by atoms with E-state index in [9.17, 15) is 13.9 Å². The van der Waals surface area contributed by atoms with Crippen molar-refractivity contribution >= 4 is 0 Å². The van der Waals surface area contributed by atoms with Crippen molar-refractivity contribution in [2.45, 2.75) is 31.8 Å². The first kappa shape index (κ1) is 13.4. The molecule has 18 heavy (non-hydrogen) atoms. The van der Waals surface area contributed by atoms with Gasteiger partial charge < -0.3 is 10.4 Å². The van der Waals surface area contributed by atoms with E-state index in [-0.39, 0.29) is 12.0 Å². The minimum Gasteiger partial charge on any atom is -0.393 e. The Morgan fingerprint density at radius 1 is 1.33 bits per heavy atom. The number of benzene rings is 1. The third-order valence-electron chi connectivity index (χ3n) is 3.59. The van der Waals surface area contributed by atoms with Crippen LogP contribution in [0.25, 0.3) is 0 Å². The van der Waals surface area contributed by atoms with Crippen LogP contribution in [0.3, 0.4) is 0 Å². The van der Waals surface area contributed by atoms with Crippen molar-refractivity contribution < 1.29 is 13.9 Å². The molecule has 2 atom stereocenters. The van der Waals surface area contributed by atoms with E-state index >= 15 is 0 Å². The van der Waals surface area contributed by atoms with E-state index < -0.39 is 11.6 Å². The molecule has 1 aromatic carbocycles. The van der Waals surface area contributed by atoms with Crippen LogP contribution in [0.1, 0.15) is 24.8 Å². The standard InChI is InChI=1S/C14H19F2NO/c15-12-5-3-10(8-13(12)16)4-6-14(18)11-2-1-7-17-9-11/h3,5,8,11,14,17-18H,1-2,4,6-7,9H2. The number of aliphatic hydroxyl groups excluding tert-OH is 1. The van der Waals surface area contributed by atoms with Gasteiger partial charge in [-0.3, -0.25) is 0 Å². The van der Waals surface area contributed by atoms with Crippen LogP contribution in [0, 0.1) is 17.6 Å². The maximum Gasteiger partial charge on any atom is 0.159 e. The van der Waals surface area contributed by atoms with E-state index in [1.54, 1.807) is 6.07 Å². The fourth-order valence-corrected chi connectivity index (χ4v) is 2.45. The van der Waals surface area contributed by atoms with E-state index in [0.29, 0.717) is 12.8 Å². The van der Waals surface area contributed by atoms with Gasteiger partial charge in [0.15, 0.2) is 11.6 Å². The highest BCUT2D eigenvalue weighted by molar-refractivity contribution is 5.17. The molecule has 1 heterocycles. The first-order valence-electron chi connectivity index (χ1n) is 6.49. The largest absolute Gasteiger partial charge is 0.393 e. The lowest BCUT2D eigenvalue weighted by atomic mass is 9.90. The number of aryl methyl sites for hydroxylation is 1. The van der Waals surface area contributed by atoms with Crippen LogP contribution >= 0.6 is 0 Å². The van der Waals surface area contributed by atoms with E-state index in [2.05, 4.69) is 5.32 Å². The molecule has 0 spiro atoms. The summed E-state index contributed by atoms with van der Waals surface area (Å²) in [6, 6.07) is 3.92. The maximum atomic E-state index is 13.0. The Labute approximate surface area is 106 Å². The van der Waals surface area contributed by atoms with Gasteiger partial charge >= 0.3 is 0 Å². The second kappa shape index (κ2) is 6.25. The predicted molar refractivity (Wildman–Crippen MR) is 66.3 cm³/mol. The average Bonchev–Trinajstić information content (AvgIpc) is 2.41. The molecule has 1 aliphatic rings. The van der Waals surface area contributed by atoms with Crippen molar-refractivity contribution in [3.63, 3.8) is 0 Å². The zero-order valence-electron chi connectivity index (χ0n) is 10.3. The number of hydrogen-bond acceptors (Lipinski definition) is 2. The Kier molecular flexibility index (Phi) is 4.66. The first-order valence-corrected chi connectivity index (χ1v) is 6.49. The second-order valence-electron chi connectivity index (χ2n) is 4.96. The molecule has 2 N–H and O–H groups in total. The summed E-state index contributed by atoms with van der Waals surface area (Å²) in [6.07, 6.45) is 2.93. The van der Waals surface area contributed by atoms with Crippen LogP contribution in [0.15, 0.2) is 18.2 Å². The summed E-state index contributed by atoms with van der Waals surface area (Å²) in [5.74, 6) is -1.36. The van der Waals surface area contributed by atoms with Crippen LogP contribution in [0.4, 0.5) is 8.78 Å². The molecule has 1 aromatic rings. The highest BCUT2D eigenvalue weighted by Gasteiger charge is 2.21. The second-order valence-corrected chi connectivity index (χ2v) is 4.96. The van der Waals surface area contributed by atoms with Crippen LogP contribution in [-0.4, -0.2) is 24.3 Å². The Hall–Kier alpha value is -1.00. The normalized spacial score (nSPS) is 21.8. The highest BCUT2D eigenvalue weighted by atomic mass is 19.2. The zero-order valence-corrected chi connectivity index (χ0v) is 10.3. The molecule has 0 amide bonds. The topological polar surface area (TPSA) is 32.3 Å². The minimum absolute atomic E-state index is 0.282. The van der Waals surface area contributed by atoms with E-state index in [1.165, 1.54) is 6.07 Å². The van der Waals surface area contributed by atoms with Crippen LogP contribution in [0.5, 0.6) is 0 Å². The SMILES string of the molecule is OC(CCc1ccc(F)c(F)c1)C1CCCNC1. The van der Waals surface area contributed by atoms with Gasteiger partial charge in [-0.1, -0.05) is 6.07 Å². The Balaban J connectivity index is 1.84. The molecule has 2 rings (SSSR count). The number of piperidine rings is 1. The quantitative estimate of drug-likeness (QED) is 0.865.